The average molecular weight is 286 g/mol. The SMILES string of the molecule is Cn1nccc1-c1cc([N+](=O)[O-])c(-n2cccc2)cc1F. The highest BCUT2D eigenvalue weighted by Gasteiger charge is 2.21. The van der Waals surface area contributed by atoms with E-state index >= 15 is 0 Å². The summed E-state index contributed by atoms with van der Waals surface area (Å²) in [5, 5.41) is 15.2. The molecule has 0 bridgehead atoms. The number of rotatable bonds is 3. The van der Waals surface area contributed by atoms with Crippen molar-refractivity contribution in [1.82, 2.24) is 14.3 Å². The van der Waals surface area contributed by atoms with Crippen LogP contribution in [-0.4, -0.2) is 19.3 Å². The first-order valence-electron chi connectivity index (χ1n) is 6.17. The number of benzene rings is 1. The highest BCUT2D eigenvalue weighted by molar-refractivity contribution is 5.68. The minimum atomic E-state index is -0.534. The lowest BCUT2D eigenvalue weighted by Crippen LogP contribution is -2.02. The fourth-order valence-electron chi connectivity index (χ4n) is 2.23. The van der Waals surface area contributed by atoms with Gasteiger partial charge in [-0.3, -0.25) is 14.8 Å². The molecule has 0 aliphatic heterocycles. The highest BCUT2D eigenvalue weighted by Crippen LogP contribution is 2.32. The zero-order valence-electron chi connectivity index (χ0n) is 11.1. The minimum Gasteiger partial charge on any atom is -0.318 e. The van der Waals surface area contributed by atoms with Gasteiger partial charge in [0.1, 0.15) is 11.5 Å². The molecule has 7 heteroatoms. The molecule has 0 amide bonds. The van der Waals surface area contributed by atoms with Gasteiger partial charge in [0.15, 0.2) is 0 Å². The van der Waals surface area contributed by atoms with Gasteiger partial charge in [0.25, 0.3) is 5.69 Å². The van der Waals surface area contributed by atoms with Crippen molar-refractivity contribution in [2.24, 2.45) is 7.05 Å². The smallest absolute Gasteiger partial charge is 0.294 e. The lowest BCUT2D eigenvalue weighted by Gasteiger charge is -2.09. The van der Waals surface area contributed by atoms with Crippen LogP contribution in [0.1, 0.15) is 0 Å². The van der Waals surface area contributed by atoms with Crippen LogP contribution in [0.5, 0.6) is 0 Å². The third-order valence-corrected chi connectivity index (χ3v) is 3.24. The van der Waals surface area contributed by atoms with E-state index < -0.39 is 10.7 Å². The van der Waals surface area contributed by atoms with Gasteiger partial charge in [-0.25, -0.2) is 4.39 Å². The summed E-state index contributed by atoms with van der Waals surface area (Å²) in [6.07, 6.45) is 4.78. The van der Waals surface area contributed by atoms with Crippen LogP contribution in [0.2, 0.25) is 0 Å². The fourth-order valence-corrected chi connectivity index (χ4v) is 2.23. The van der Waals surface area contributed by atoms with E-state index in [1.54, 1.807) is 37.6 Å². The summed E-state index contributed by atoms with van der Waals surface area (Å²) in [4.78, 5) is 10.8. The summed E-state index contributed by atoms with van der Waals surface area (Å²) in [7, 11) is 1.65. The lowest BCUT2D eigenvalue weighted by molar-refractivity contribution is -0.384. The number of nitro benzene ring substituents is 1. The predicted octanol–water partition coefficient (Wildman–Crippen LogP) is 2.93. The number of hydrogen-bond acceptors (Lipinski definition) is 3. The zero-order chi connectivity index (χ0) is 15.0. The van der Waals surface area contributed by atoms with E-state index in [1.807, 2.05) is 0 Å². The Balaban J connectivity index is 2.25. The van der Waals surface area contributed by atoms with Crippen LogP contribution >= 0.6 is 0 Å². The molecule has 0 saturated carbocycles. The van der Waals surface area contributed by atoms with E-state index in [9.17, 15) is 14.5 Å². The maximum atomic E-state index is 14.4. The molecule has 0 N–H and O–H groups in total. The van der Waals surface area contributed by atoms with E-state index in [-0.39, 0.29) is 16.9 Å². The number of nitrogens with zero attached hydrogens (tertiary/aromatic N) is 4. The van der Waals surface area contributed by atoms with Crippen molar-refractivity contribution in [2.45, 2.75) is 0 Å². The number of aryl methyl sites for hydroxylation is 1. The second kappa shape index (κ2) is 4.86. The van der Waals surface area contributed by atoms with Crippen molar-refractivity contribution in [2.75, 3.05) is 0 Å². The molecule has 1 aromatic carbocycles. The second-order valence-electron chi connectivity index (χ2n) is 4.51. The van der Waals surface area contributed by atoms with Gasteiger partial charge >= 0.3 is 0 Å². The molecule has 0 spiro atoms. The van der Waals surface area contributed by atoms with Crippen LogP contribution in [0.15, 0.2) is 48.9 Å². The van der Waals surface area contributed by atoms with Crippen LogP contribution in [0.4, 0.5) is 10.1 Å². The molecule has 3 aromatic rings. The van der Waals surface area contributed by atoms with Crippen molar-refractivity contribution >= 4 is 5.69 Å². The Morgan fingerprint density at radius 3 is 2.57 bits per heavy atom. The second-order valence-corrected chi connectivity index (χ2v) is 4.51. The molecule has 2 aromatic heterocycles. The van der Waals surface area contributed by atoms with E-state index in [0.717, 1.165) is 0 Å². The number of hydrogen-bond donors (Lipinski definition) is 0. The monoisotopic (exact) mass is 286 g/mol. The van der Waals surface area contributed by atoms with Gasteiger partial charge in [-0.1, -0.05) is 0 Å². The standard InChI is InChI=1S/C14H11FN4O2/c1-17-12(4-5-16-17)10-8-14(19(20)21)13(9-11(10)15)18-6-2-3-7-18/h2-9H,1H3. The van der Waals surface area contributed by atoms with Crippen molar-refractivity contribution in [3.63, 3.8) is 0 Å². The third-order valence-electron chi connectivity index (χ3n) is 3.24. The predicted molar refractivity (Wildman–Crippen MR) is 74.6 cm³/mol. The molecule has 0 fully saturated rings. The summed E-state index contributed by atoms with van der Waals surface area (Å²) in [6, 6.07) is 7.45. The first-order valence-corrected chi connectivity index (χ1v) is 6.17. The molecule has 6 nitrogen and oxygen atoms in total. The first kappa shape index (κ1) is 13.0. The van der Waals surface area contributed by atoms with Crippen molar-refractivity contribution in [3.05, 3.63) is 64.9 Å². The molecular formula is C14H11FN4O2. The van der Waals surface area contributed by atoms with Crippen molar-refractivity contribution < 1.29 is 9.31 Å². The molecule has 106 valence electrons. The Kier molecular flexibility index (Phi) is 3.02. The largest absolute Gasteiger partial charge is 0.318 e. The van der Waals surface area contributed by atoms with E-state index in [2.05, 4.69) is 5.10 Å². The maximum Gasteiger partial charge on any atom is 0.294 e. The Hall–Kier alpha value is -2.96. The Labute approximate surface area is 119 Å². The van der Waals surface area contributed by atoms with Crippen LogP contribution < -0.4 is 0 Å². The lowest BCUT2D eigenvalue weighted by atomic mass is 10.1. The number of aromatic nitrogens is 3. The molecule has 0 aliphatic rings. The summed E-state index contributed by atoms with van der Waals surface area (Å²) in [5.74, 6) is -0.534. The first-order chi connectivity index (χ1) is 10.1. The molecule has 0 aliphatic carbocycles. The normalized spacial score (nSPS) is 10.8. The van der Waals surface area contributed by atoms with Crippen LogP contribution in [0.3, 0.4) is 0 Å². The van der Waals surface area contributed by atoms with Crippen LogP contribution in [0, 0.1) is 15.9 Å². The summed E-state index contributed by atoms with van der Waals surface area (Å²) >= 11 is 0. The summed E-state index contributed by atoms with van der Waals surface area (Å²) < 4.78 is 17.3. The van der Waals surface area contributed by atoms with Crippen molar-refractivity contribution in [3.8, 4) is 16.9 Å². The zero-order valence-corrected chi connectivity index (χ0v) is 11.1. The Morgan fingerprint density at radius 1 is 1.29 bits per heavy atom. The number of halogens is 1. The Morgan fingerprint density at radius 2 is 2.00 bits per heavy atom. The van der Waals surface area contributed by atoms with Crippen molar-refractivity contribution in [1.29, 1.82) is 0 Å². The average Bonchev–Trinajstić information content (AvgIpc) is 3.09. The molecule has 0 unspecified atom stereocenters. The fraction of sp³-hybridized carbons (Fsp3) is 0.0714. The molecule has 2 heterocycles. The van der Waals surface area contributed by atoms with Gasteiger partial charge < -0.3 is 4.57 Å². The molecule has 0 radical (unpaired) electrons. The number of nitro groups is 1. The van der Waals surface area contributed by atoms with E-state index in [0.29, 0.717) is 5.69 Å². The molecule has 0 atom stereocenters. The highest BCUT2D eigenvalue weighted by atomic mass is 19.1. The summed E-state index contributed by atoms with van der Waals surface area (Å²) in [6.45, 7) is 0. The topological polar surface area (TPSA) is 65.9 Å². The molecule has 0 saturated heterocycles. The van der Waals surface area contributed by atoms with Gasteiger partial charge in [-0.05, 0) is 18.2 Å². The summed E-state index contributed by atoms with van der Waals surface area (Å²) in [5.41, 5.74) is 0.657. The maximum absolute atomic E-state index is 14.4. The third kappa shape index (κ3) is 2.18. The minimum absolute atomic E-state index is 0.151. The van der Waals surface area contributed by atoms with E-state index in [4.69, 9.17) is 0 Å². The van der Waals surface area contributed by atoms with Gasteiger partial charge in [-0.2, -0.15) is 5.10 Å². The van der Waals surface area contributed by atoms with Crippen LogP contribution in [-0.2, 0) is 7.05 Å². The van der Waals surface area contributed by atoms with Gasteiger partial charge in [0, 0.05) is 43.3 Å². The molecule has 3 rings (SSSR count). The van der Waals surface area contributed by atoms with Gasteiger partial charge in [0.2, 0.25) is 0 Å². The van der Waals surface area contributed by atoms with E-state index in [1.165, 1.54) is 27.6 Å². The van der Waals surface area contributed by atoms with Crippen LogP contribution in [0.25, 0.3) is 16.9 Å². The Bertz CT molecular complexity index is 809. The quantitative estimate of drug-likeness (QED) is 0.549. The van der Waals surface area contributed by atoms with Gasteiger partial charge in [0.05, 0.1) is 10.6 Å². The molecule has 21 heavy (non-hydrogen) atoms. The molecular weight excluding hydrogens is 275 g/mol. The van der Waals surface area contributed by atoms with Gasteiger partial charge in [-0.15, -0.1) is 0 Å².